The molecule has 1 aliphatic heterocycles. The van der Waals surface area contributed by atoms with Crippen LogP contribution in [0.15, 0.2) is 100 Å². The summed E-state index contributed by atoms with van der Waals surface area (Å²) in [6.45, 7) is 3.93. The lowest BCUT2D eigenvalue weighted by Gasteiger charge is -2.27. The molecule has 1 atom stereocenters. The normalized spacial score (nSPS) is 18.3. The quantitative estimate of drug-likeness (QED) is 0.690. The summed E-state index contributed by atoms with van der Waals surface area (Å²) in [7, 11) is -3.71. The van der Waals surface area contributed by atoms with E-state index < -0.39 is 16.0 Å². The Labute approximate surface area is 182 Å². The van der Waals surface area contributed by atoms with Gasteiger partial charge in [0, 0.05) is 29.2 Å². The second kappa shape index (κ2) is 8.43. The highest BCUT2D eigenvalue weighted by atomic mass is 32.2. The lowest BCUT2D eigenvalue weighted by atomic mass is 9.92. The average Bonchev–Trinajstić information content (AvgIpc) is 3.06. The zero-order valence-electron chi connectivity index (χ0n) is 17.4. The smallest absolute Gasteiger partial charge is 0.336 e. The van der Waals surface area contributed by atoms with E-state index in [4.69, 9.17) is 4.74 Å². The summed E-state index contributed by atoms with van der Waals surface area (Å²) in [6, 6.07) is 18.0. The van der Waals surface area contributed by atoms with Gasteiger partial charge in [0.1, 0.15) is 0 Å². The van der Waals surface area contributed by atoms with Crippen molar-refractivity contribution in [2.24, 2.45) is 5.92 Å². The second-order valence-corrected chi connectivity index (χ2v) is 8.99. The number of anilines is 1. The predicted molar refractivity (Wildman–Crippen MR) is 119 cm³/mol. The Bertz CT molecular complexity index is 1180. The maximum atomic E-state index is 12.8. The first kappa shape index (κ1) is 20.9. The number of para-hydroxylation sites is 1. The van der Waals surface area contributed by atoms with Crippen LogP contribution in [0.4, 0.5) is 5.69 Å². The van der Waals surface area contributed by atoms with Crippen molar-refractivity contribution in [1.82, 2.24) is 4.72 Å². The van der Waals surface area contributed by atoms with Gasteiger partial charge in [-0.25, -0.2) is 13.2 Å². The molecule has 0 fully saturated rings. The third-order valence-electron chi connectivity index (χ3n) is 5.34. The lowest BCUT2D eigenvalue weighted by Crippen LogP contribution is -2.27. The number of allylic oxidation sites excluding steroid dienone is 3. The zero-order chi connectivity index (χ0) is 22.0. The van der Waals surface area contributed by atoms with Crippen LogP contribution in [0.2, 0.25) is 0 Å². The number of nitrogens with one attached hydrogen (secondary N) is 1. The molecule has 0 spiro atoms. The molecular formula is C24H24N2O4S. The van der Waals surface area contributed by atoms with E-state index in [1.807, 2.05) is 54.3 Å². The van der Waals surface area contributed by atoms with Crippen LogP contribution >= 0.6 is 0 Å². The number of sulfonamides is 1. The third-order valence-corrected chi connectivity index (χ3v) is 6.76. The van der Waals surface area contributed by atoms with Crippen molar-refractivity contribution in [3.05, 3.63) is 95.5 Å². The minimum absolute atomic E-state index is 0.195. The number of hydrogen-bond acceptors (Lipinski definition) is 5. The number of rotatable bonds is 6. The Morgan fingerprint density at radius 1 is 1.10 bits per heavy atom. The molecule has 1 heterocycles. The molecule has 6 nitrogen and oxygen atoms in total. The van der Waals surface area contributed by atoms with Crippen LogP contribution in [-0.4, -0.2) is 21.0 Å². The van der Waals surface area contributed by atoms with Crippen LogP contribution in [0, 0.1) is 5.92 Å². The maximum Gasteiger partial charge on any atom is 0.336 e. The molecule has 7 heteroatoms. The summed E-state index contributed by atoms with van der Waals surface area (Å²) in [4.78, 5) is 15.0. The van der Waals surface area contributed by atoms with E-state index in [1.54, 1.807) is 37.3 Å². The van der Waals surface area contributed by atoms with Gasteiger partial charge in [0.05, 0.1) is 23.0 Å². The van der Waals surface area contributed by atoms with Gasteiger partial charge in [0.2, 0.25) is 0 Å². The van der Waals surface area contributed by atoms with Gasteiger partial charge in [0.25, 0.3) is 10.0 Å². The van der Waals surface area contributed by atoms with E-state index in [0.717, 1.165) is 17.1 Å². The van der Waals surface area contributed by atoms with Gasteiger partial charge in [-0.15, -0.1) is 0 Å². The molecular weight excluding hydrogens is 412 g/mol. The van der Waals surface area contributed by atoms with Gasteiger partial charge in [0.15, 0.2) is 0 Å². The fourth-order valence-corrected chi connectivity index (χ4v) is 5.14. The lowest BCUT2D eigenvalue weighted by molar-refractivity contribution is -0.138. The summed E-state index contributed by atoms with van der Waals surface area (Å²) in [6.07, 6.45) is 4.19. The highest BCUT2D eigenvalue weighted by molar-refractivity contribution is 7.89. The van der Waals surface area contributed by atoms with Gasteiger partial charge >= 0.3 is 5.97 Å². The number of carbonyl (C=O) groups excluding carboxylic acids is 1. The molecule has 2 aliphatic rings. The first-order valence-electron chi connectivity index (χ1n) is 10.1. The molecule has 0 bridgehead atoms. The molecule has 2 aromatic carbocycles. The number of carbonyl (C=O) groups is 1. The molecule has 0 amide bonds. The van der Waals surface area contributed by atoms with Gasteiger partial charge < -0.3 is 9.64 Å². The van der Waals surface area contributed by atoms with Crippen LogP contribution in [0.5, 0.6) is 0 Å². The van der Waals surface area contributed by atoms with E-state index >= 15 is 0 Å². The molecule has 4 rings (SSSR count). The van der Waals surface area contributed by atoms with Crippen molar-refractivity contribution in [3.8, 4) is 0 Å². The first-order chi connectivity index (χ1) is 14.9. The van der Waals surface area contributed by atoms with E-state index in [1.165, 1.54) is 0 Å². The summed E-state index contributed by atoms with van der Waals surface area (Å²) in [5.74, 6) is -0.778. The Morgan fingerprint density at radius 3 is 2.39 bits per heavy atom. The van der Waals surface area contributed by atoms with Crippen molar-refractivity contribution < 1.29 is 17.9 Å². The molecule has 2 aromatic rings. The average molecular weight is 437 g/mol. The Kier molecular flexibility index (Phi) is 5.69. The van der Waals surface area contributed by atoms with Crippen LogP contribution in [-0.2, 0) is 19.6 Å². The minimum Gasteiger partial charge on any atom is -0.463 e. The molecule has 1 aliphatic carbocycles. The van der Waals surface area contributed by atoms with E-state index in [-0.39, 0.29) is 17.4 Å². The molecule has 31 heavy (non-hydrogen) atoms. The number of benzene rings is 2. The van der Waals surface area contributed by atoms with Gasteiger partial charge in [-0.2, -0.15) is 0 Å². The van der Waals surface area contributed by atoms with Crippen molar-refractivity contribution in [3.63, 3.8) is 0 Å². The summed E-state index contributed by atoms with van der Waals surface area (Å²) < 4.78 is 33.5. The van der Waals surface area contributed by atoms with Crippen LogP contribution in [0.25, 0.3) is 0 Å². The highest BCUT2D eigenvalue weighted by Gasteiger charge is 2.40. The Hall–Kier alpha value is -3.32. The molecule has 0 saturated heterocycles. The van der Waals surface area contributed by atoms with E-state index in [9.17, 15) is 13.2 Å². The number of hydrogen-bond donors (Lipinski definition) is 1. The van der Waals surface area contributed by atoms with Crippen molar-refractivity contribution in [2.45, 2.75) is 25.2 Å². The van der Waals surface area contributed by atoms with Crippen LogP contribution < -0.4 is 9.62 Å². The van der Waals surface area contributed by atoms with Crippen LogP contribution in [0.1, 0.15) is 20.3 Å². The Balaban J connectivity index is 1.70. The maximum absolute atomic E-state index is 12.8. The molecule has 0 aromatic heterocycles. The Morgan fingerprint density at radius 2 is 1.74 bits per heavy atom. The monoisotopic (exact) mass is 436 g/mol. The number of esters is 1. The molecule has 0 radical (unpaired) electrons. The number of fused-ring (bicyclic) bond motifs is 1. The third kappa shape index (κ3) is 4.01. The van der Waals surface area contributed by atoms with Crippen molar-refractivity contribution in [2.75, 3.05) is 11.5 Å². The molecule has 0 saturated carbocycles. The van der Waals surface area contributed by atoms with Crippen LogP contribution in [0.3, 0.4) is 0 Å². The standard InChI is InChI=1S/C24H24N2O4S/c1-3-30-24(27)23-17(2)26(19-10-6-4-7-11-19)22-15-14-18(16-21(22)23)25-31(28,29)20-12-8-5-9-13-20/h4-13,15-16,21,25H,3,14H2,1-2H3. The SMILES string of the molecule is CCOC(=O)C1=C(C)N(c2ccccc2)C2=CCC(NS(=O)(=O)c3ccccc3)=CC21. The minimum atomic E-state index is -3.71. The van der Waals surface area contributed by atoms with Crippen molar-refractivity contribution >= 4 is 21.7 Å². The van der Waals surface area contributed by atoms with E-state index in [2.05, 4.69) is 4.72 Å². The highest BCUT2D eigenvalue weighted by Crippen LogP contribution is 2.44. The van der Waals surface area contributed by atoms with Gasteiger partial charge in [-0.1, -0.05) is 48.6 Å². The second-order valence-electron chi connectivity index (χ2n) is 7.31. The number of ether oxygens (including phenoxy) is 1. The fraction of sp³-hybridized carbons (Fsp3) is 0.208. The van der Waals surface area contributed by atoms with Crippen molar-refractivity contribution in [1.29, 1.82) is 0 Å². The molecule has 1 N–H and O–H groups in total. The van der Waals surface area contributed by atoms with Gasteiger partial charge in [-0.05, 0) is 38.1 Å². The van der Waals surface area contributed by atoms with Gasteiger partial charge in [-0.3, -0.25) is 4.72 Å². The van der Waals surface area contributed by atoms with E-state index in [0.29, 0.717) is 17.7 Å². The zero-order valence-corrected chi connectivity index (χ0v) is 18.2. The largest absolute Gasteiger partial charge is 0.463 e. The fourth-order valence-electron chi connectivity index (χ4n) is 4.01. The summed E-state index contributed by atoms with van der Waals surface area (Å²) in [5, 5.41) is 0. The molecule has 1 unspecified atom stereocenters. The molecule has 160 valence electrons. The first-order valence-corrected chi connectivity index (χ1v) is 11.6. The predicted octanol–water partition coefficient (Wildman–Crippen LogP) is 4.11. The summed E-state index contributed by atoms with van der Waals surface area (Å²) >= 11 is 0. The topological polar surface area (TPSA) is 75.7 Å². The summed E-state index contributed by atoms with van der Waals surface area (Å²) in [5.41, 5.74) is 3.70. The number of nitrogens with zero attached hydrogens (tertiary/aromatic N) is 1.